The van der Waals surface area contributed by atoms with Crippen molar-refractivity contribution < 1.29 is 55.0 Å². The molecule has 20 nitrogen and oxygen atoms in total. The van der Waals surface area contributed by atoms with Crippen LogP contribution in [0.5, 0.6) is 0 Å². The van der Waals surface area contributed by atoms with Gasteiger partial charge in [-0.15, -0.1) is 0 Å². The molecular weight excluding hydrogens is 1070 g/mol. The number of nitrogens with one attached hydrogen (secondary N) is 1. The van der Waals surface area contributed by atoms with E-state index < -0.39 is 37.2 Å². The van der Waals surface area contributed by atoms with Crippen LogP contribution in [0.1, 0.15) is 98.6 Å². The summed E-state index contributed by atoms with van der Waals surface area (Å²) in [6.07, 6.45) is 2.31. The summed E-state index contributed by atoms with van der Waals surface area (Å²) in [5.41, 5.74) is 4.28. The maximum absolute atomic E-state index is 13.0. The van der Waals surface area contributed by atoms with Crippen LogP contribution in [0, 0.1) is 0 Å². The molecule has 0 atom stereocenters. The van der Waals surface area contributed by atoms with Crippen LogP contribution >= 0.6 is 15.9 Å². The zero-order valence-corrected chi connectivity index (χ0v) is 47.9. The minimum atomic E-state index is -3.59. The Morgan fingerprint density at radius 3 is 1.48 bits per heavy atom. The van der Waals surface area contributed by atoms with E-state index in [4.69, 9.17) is 14.2 Å². The van der Waals surface area contributed by atoms with Gasteiger partial charge in [0.05, 0.1) is 60.5 Å². The fraction of sp³-hybridized carbons (Fsp3) is 0.500. The number of methoxy groups -OCH3 is 2. The zero-order valence-electron chi connectivity index (χ0n) is 44.7. The summed E-state index contributed by atoms with van der Waals surface area (Å²) in [6, 6.07) is 21.5. The van der Waals surface area contributed by atoms with E-state index in [2.05, 4.69) is 45.2 Å². The van der Waals surface area contributed by atoms with Gasteiger partial charge in [0.15, 0.2) is 0 Å². The molecular formula is C52H73BrN8O12S2. The fourth-order valence-corrected chi connectivity index (χ4v) is 9.33. The number of nitrogens with zero attached hydrogens (tertiary/aromatic N) is 7. The molecule has 23 heteroatoms. The summed E-state index contributed by atoms with van der Waals surface area (Å²) in [5, 5.41) is 0.689. The highest BCUT2D eigenvalue weighted by Gasteiger charge is 2.28. The Kier molecular flexibility index (Phi) is 23.3. The topological polar surface area (TPSA) is 227 Å². The van der Waals surface area contributed by atoms with Gasteiger partial charge >= 0.3 is 24.1 Å². The first-order valence-corrected chi connectivity index (χ1v) is 28.9. The van der Waals surface area contributed by atoms with Crippen molar-refractivity contribution in [3.8, 4) is 0 Å². The molecule has 2 aliphatic rings. The Morgan fingerprint density at radius 2 is 1.08 bits per heavy atom. The Morgan fingerprint density at radius 1 is 0.627 bits per heavy atom. The summed E-state index contributed by atoms with van der Waals surface area (Å²) >= 11 is 3.26. The van der Waals surface area contributed by atoms with E-state index in [-0.39, 0.29) is 36.2 Å². The number of carbonyl (C=O) groups excluding carboxylic acids is 4. The van der Waals surface area contributed by atoms with Gasteiger partial charge in [0.1, 0.15) is 11.2 Å². The van der Waals surface area contributed by atoms with E-state index >= 15 is 0 Å². The highest BCUT2D eigenvalue weighted by atomic mass is 79.9. The number of hydrogen-bond acceptors (Lipinski definition) is 16. The molecule has 2 aliphatic heterocycles. The van der Waals surface area contributed by atoms with Crippen LogP contribution in [-0.4, -0.2) is 160 Å². The Labute approximate surface area is 451 Å². The highest BCUT2D eigenvalue weighted by Crippen LogP contribution is 2.24. The van der Waals surface area contributed by atoms with Crippen molar-refractivity contribution in [3.63, 3.8) is 0 Å². The molecule has 0 spiro atoms. The molecule has 2 aromatic heterocycles. The SMILES string of the molecule is CCS(=O)(=O)N(Cc1ccc(C(=O)OC)cn1)c1cccc(CN2CCN(C(=O)OC(C)(C)C)CC2)c1.CCS(=O)(=O)Nc1cccc(CN2CCN(C(=O)OC(C)(C)C)CC2)c1.COC(=O)c1ccc(CBr)nc1. The number of pyridine rings is 2. The second kappa shape index (κ2) is 28.3. The number of esters is 2. The molecule has 2 fully saturated rings. The number of anilines is 2. The number of benzene rings is 2. The number of hydrogen-bond donors (Lipinski definition) is 1. The van der Waals surface area contributed by atoms with Crippen LogP contribution in [0.2, 0.25) is 0 Å². The smallest absolute Gasteiger partial charge is 0.410 e. The molecule has 4 heterocycles. The van der Waals surface area contributed by atoms with E-state index in [0.29, 0.717) is 85.9 Å². The van der Waals surface area contributed by atoms with E-state index in [0.717, 1.165) is 29.9 Å². The number of alkyl halides is 1. The van der Waals surface area contributed by atoms with Gasteiger partial charge in [-0.3, -0.25) is 28.8 Å². The van der Waals surface area contributed by atoms with Crippen LogP contribution in [-0.2, 0) is 64.0 Å². The predicted molar refractivity (Wildman–Crippen MR) is 292 cm³/mol. The van der Waals surface area contributed by atoms with Crippen molar-refractivity contribution in [2.45, 2.75) is 91.6 Å². The van der Waals surface area contributed by atoms with Crippen LogP contribution < -0.4 is 9.03 Å². The van der Waals surface area contributed by atoms with Gasteiger partial charge < -0.3 is 28.7 Å². The molecule has 2 aromatic carbocycles. The molecule has 4 aromatic rings. The number of aromatic nitrogens is 2. The molecule has 1 N–H and O–H groups in total. The van der Waals surface area contributed by atoms with Crippen molar-refractivity contribution in [3.05, 3.63) is 119 Å². The maximum atomic E-state index is 13.0. The summed E-state index contributed by atoms with van der Waals surface area (Å²) in [7, 11) is -4.23. The second-order valence-electron chi connectivity index (χ2n) is 19.5. The van der Waals surface area contributed by atoms with Gasteiger partial charge in [-0.2, -0.15) is 0 Å². The predicted octanol–water partition coefficient (Wildman–Crippen LogP) is 7.54. The summed E-state index contributed by atoms with van der Waals surface area (Å²) < 4.78 is 73.4. The van der Waals surface area contributed by atoms with Crippen LogP contribution in [0.4, 0.5) is 21.0 Å². The molecule has 2 saturated heterocycles. The zero-order chi connectivity index (χ0) is 55.6. The molecule has 0 saturated carbocycles. The largest absolute Gasteiger partial charge is 0.465 e. The Bertz CT molecular complexity index is 2720. The lowest BCUT2D eigenvalue weighted by atomic mass is 10.1. The molecule has 0 radical (unpaired) electrons. The number of rotatable bonds is 15. The number of piperazine rings is 2. The molecule has 6 rings (SSSR count). The number of amides is 2. The van der Waals surface area contributed by atoms with E-state index in [1.807, 2.05) is 77.9 Å². The van der Waals surface area contributed by atoms with Crippen molar-refractivity contribution in [1.29, 1.82) is 0 Å². The molecule has 0 unspecified atom stereocenters. The first-order chi connectivity index (χ1) is 35.3. The monoisotopic (exact) mass is 1140 g/mol. The van der Waals surface area contributed by atoms with Gasteiger partial charge in [0, 0.05) is 88.9 Å². The third-order valence-corrected chi connectivity index (χ3v) is 14.9. The maximum Gasteiger partial charge on any atom is 0.410 e. The normalized spacial score (nSPS) is 14.5. The van der Waals surface area contributed by atoms with Crippen molar-refractivity contribution >= 4 is 71.5 Å². The minimum absolute atomic E-state index is 0.0373. The van der Waals surface area contributed by atoms with Gasteiger partial charge in [-0.25, -0.2) is 36.0 Å². The quantitative estimate of drug-likeness (QED) is 0.0689. The Hall–Kier alpha value is -5.88. The van der Waals surface area contributed by atoms with E-state index in [1.54, 1.807) is 60.0 Å². The number of carbonyl (C=O) groups is 4. The van der Waals surface area contributed by atoms with E-state index in [1.165, 1.54) is 30.9 Å². The average Bonchev–Trinajstić information content (AvgIpc) is 3.37. The average molecular weight is 1150 g/mol. The molecule has 0 aliphatic carbocycles. The number of ether oxygens (including phenoxy) is 4. The van der Waals surface area contributed by atoms with Gasteiger partial charge in [0.25, 0.3) is 0 Å². The first kappa shape index (κ1) is 61.7. The molecule has 412 valence electrons. The second-order valence-corrected chi connectivity index (χ2v) is 24.2. The fourth-order valence-electron chi connectivity index (χ4n) is 7.29. The van der Waals surface area contributed by atoms with Crippen molar-refractivity contribution in [1.82, 2.24) is 29.6 Å². The minimum Gasteiger partial charge on any atom is -0.465 e. The standard InChI is InChI=1S/C26H36N4O6S.C18H29N3O4S.C8H8BrNO2/c1-6-37(33,34)30(19-22-11-10-21(17-27-22)24(31)35-5)23-9-7-8-20(16-23)18-28-12-14-29(15-13-28)25(32)36-26(2,3)4;1-5-26(23,24)19-16-8-6-7-15(13-16)14-20-9-11-21(12-10-20)17(22)25-18(2,3)4;1-12-8(11)6-2-3-7(4-9)10-5-6/h7-11,16-17H,6,12-15,18-19H2,1-5H3;6-8,13,19H,5,9-12,14H2,1-4H3;2-3,5H,4H2,1H3. The summed E-state index contributed by atoms with van der Waals surface area (Å²) in [4.78, 5) is 63.3. The van der Waals surface area contributed by atoms with Crippen molar-refractivity contribution in [2.24, 2.45) is 0 Å². The molecule has 2 amide bonds. The number of sulfonamides is 2. The lowest BCUT2D eigenvalue weighted by Crippen LogP contribution is -2.49. The summed E-state index contributed by atoms with van der Waals surface area (Å²) in [6.45, 7) is 21.0. The van der Waals surface area contributed by atoms with Crippen LogP contribution in [0.15, 0.2) is 85.2 Å². The lowest BCUT2D eigenvalue weighted by molar-refractivity contribution is 0.0129. The third kappa shape index (κ3) is 21.0. The molecule has 75 heavy (non-hydrogen) atoms. The van der Waals surface area contributed by atoms with Crippen LogP contribution in [0.3, 0.4) is 0 Å². The van der Waals surface area contributed by atoms with E-state index in [9.17, 15) is 36.0 Å². The lowest BCUT2D eigenvalue weighted by Gasteiger charge is -2.35. The third-order valence-electron chi connectivity index (χ3n) is 11.3. The van der Waals surface area contributed by atoms with Gasteiger partial charge in [0.2, 0.25) is 20.0 Å². The van der Waals surface area contributed by atoms with Gasteiger partial charge in [-0.05, 0) is 115 Å². The molecule has 0 bridgehead atoms. The van der Waals surface area contributed by atoms with Gasteiger partial charge in [-0.1, -0.05) is 40.2 Å². The summed E-state index contributed by atoms with van der Waals surface area (Å²) in [5.74, 6) is -0.881. The first-order valence-electron chi connectivity index (χ1n) is 24.5. The van der Waals surface area contributed by atoms with Crippen molar-refractivity contribution in [2.75, 3.05) is 87.1 Å². The van der Waals surface area contributed by atoms with Crippen LogP contribution in [0.25, 0.3) is 0 Å². The number of halogens is 1. The Balaban J connectivity index is 0.000000276. The highest BCUT2D eigenvalue weighted by molar-refractivity contribution is 9.08.